The molecule has 0 N–H and O–H groups in total. The van der Waals surface area contributed by atoms with Crippen molar-refractivity contribution in [2.75, 3.05) is 19.3 Å². The summed E-state index contributed by atoms with van der Waals surface area (Å²) >= 11 is 1.47. The number of carbonyl (C=O) groups is 1. The Morgan fingerprint density at radius 3 is 3.16 bits per heavy atom. The van der Waals surface area contributed by atoms with E-state index in [2.05, 4.69) is 39.5 Å². The molecule has 0 aliphatic carbocycles. The lowest BCUT2D eigenvalue weighted by Gasteiger charge is -2.06. The van der Waals surface area contributed by atoms with Gasteiger partial charge in [0, 0.05) is 24.2 Å². The maximum absolute atomic E-state index is 11.7. The van der Waals surface area contributed by atoms with Crippen LogP contribution in [-0.2, 0) is 22.7 Å². The molecule has 0 atom stereocenters. The minimum atomic E-state index is -0.191. The van der Waals surface area contributed by atoms with E-state index in [1.807, 2.05) is 6.20 Å². The molecule has 0 aromatic carbocycles. The van der Waals surface area contributed by atoms with Gasteiger partial charge in [0.05, 0.1) is 12.7 Å². The molecule has 25 heavy (non-hydrogen) atoms. The minimum Gasteiger partial charge on any atom is -0.459 e. The lowest BCUT2D eigenvalue weighted by atomic mass is 10.2. The second-order valence-electron chi connectivity index (χ2n) is 6.02. The second-order valence-corrected chi connectivity index (χ2v) is 6.96. The Kier molecular flexibility index (Phi) is 8.26. The Morgan fingerprint density at radius 1 is 1.48 bits per heavy atom. The fourth-order valence-electron chi connectivity index (χ4n) is 2.53. The predicted octanol–water partition coefficient (Wildman–Crippen LogP) is 2.25. The molecule has 1 aliphatic heterocycles. The third-order valence-corrected chi connectivity index (χ3v) is 4.46. The summed E-state index contributed by atoms with van der Waals surface area (Å²) < 4.78 is 9.19. The summed E-state index contributed by atoms with van der Waals surface area (Å²) in [5.74, 6) is 0.752. The van der Waals surface area contributed by atoms with Crippen LogP contribution in [0.25, 0.3) is 0 Å². The molecule has 2 rings (SSSR count). The van der Waals surface area contributed by atoms with Gasteiger partial charge in [-0.05, 0) is 18.1 Å². The SMILES string of the molecule is C#CSCCCCCC(=O)OCc1cn(CC2=CCC[N+](C)=C2)nn1. The summed E-state index contributed by atoms with van der Waals surface area (Å²) in [6.07, 6.45) is 15.6. The summed E-state index contributed by atoms with van der Waals surface area (Å²) in [5.41, 5.74) is 1.88. The highest BCUT2D eigenvalue weighted by Gasteiger charge is 2.10. The molecule has 0 saturated heterocycles. The first-order valence-electron chi connectivity index (χ1n) is 8.53. The van der Waals surface area contributed by atoms with Gasteiger partial charge >= 0.3 is 5.97 Å². The largest absolute Gasteiger partial charge is 0.459 e. The van der Waals surface area contributed by atoms with Gasteiger partial charge in [0.25, 0.3) is 0 Å². The summed E-state index contributed by atoms with van der Waals surface area (Å²) in [5, 5.41) is 10.7. The maximum atomic E-state index is 11.7. The molecule has 134 valence electrons. The van der Waals surface area contributed by atoms with Gasteiger partial charge in [-0.1, -0.05) is 29.5 Å². The fraction of sp³-hybridized carbons (Fsp3) is 0.556. The highest BCUT2D eigenvalue weighted by atomic mass is 32.2. The van der Waals surface area contributed by atoms with Gasteiger partial charge in [-0.2, -0.15) is 0 Å². The molecule has 0 saturated carbocycles. The molecule has 0 fully saturated rings. The van der Waals surface area contributed by atoms with Crippen LogP contribution in [0.1, 0.15) is 37.8 Å². The topological polar surface area (TPSA) is 60.0 Å². The Morgan fingerprint density at radius 2 is 2.36 bits per heavy atom. The number of rotatable bonds is 10. The molecule has 2 heterocycles. The first kappa shape index (κ1) is 19.3. The van der Waals surface area contributed by atoms with Gasteiger partial charge in [-0.3, -0.25) is 4.79 Å². The number of terminal acetylenes is 1. The molecule has 0 unspecified atom stereocenters. The molecule has 0 radical (unpaired) electrons. The van der Waals surface area contributed by atoms with Gasteiger partial charge < -0.3 is 4.74 Å². The van der Waals surface area contributed by atoms with Gasteiger partial charge in [-0.15, -0.1) is 11.5 Å². The van der Waals surface area contributed by atoms with Crippen molar-refractivity contribution in [3.8, 4) is 11.7 Å². The molecule has 7 heteroatoms. The third kappa shape index (κ3) is 7.57. The lowest BCUT2D eigenvalue weighted by molar-refractivity contribution is -0.492. The van der Waals surface area contributed by atoms with E-state index in [1.54, 1.807) is 4.68 Å². The van der Waals surface area contributed by atoms with Crippen LogP contribution in [0.3, 0.4) is 0 Å². The molecule has 1 aromatic heterocycles. The van der Waals surface area contributed by atoms with Gasteiger partial charge in [0.15, 0.2) is 6.21 Å². The molecule has 0 amide bonds. The van der Waals surface area contributed by atoms with Crippen molar-refractivity contribution in [3.63, 3.8) is 0 Å². The normalized spacial score (nSPS) is 13.8. The Bertz CT molecular complexity index is 673. The molecular weight excluding hydrogens is 336 g/mol. The van der Waals surface area contributed by atoms with Crippen LogP contribution in [-0.4, -0.2) is 51.1 Å². The van der Waals surface area contributed by atoms with Crippen LogP contribution in [0.2, 0.25) is 0 Å². The number of thioether (sulfide) groups is 1. The van der Waals surface area contributed by atoms with Crippen LogP contribution in [0.15, 0.2) is 17.8 Å². The van der Waals surface area contributed by atoms with E-state index in [-0.39, 0.29) is 12.6 Å². The number of esters is 1. The van der Waals surface area contributed by atoms with Crippen molar-refractivity contribution in [2.45, 2.75) is 45.3 Å². The van der Waals surface area contributed by atoms with E-state index in [0.29, 0.717) is 18.7 Å². The summed E-state index contributed by atoms with van der Waals surface area (Å²) in [4.78, 5) is 11.7. The monoisotopic (exact) mass is 361 g/mol. The molecule has 1 aliphatic rings. The van der Waals surface area contributed by atoms with Crippen molar-refractivity contribution < 1.29 is 14.1 Å². The quantitative estimate of drug-likeness (QED) is 0.277. The van der Waals surface area contributed by atoms with Crippen molar-refractivity contribution in [1.29, 1.82) is 0 Å². The molecule has 1 aromatic rings. The molecule has 6 nitrogen and oxygen atoms in total. The number of hydrogen-bond acceptors (Lipinski definition) is 5. The third-order valence-electron chi connectivity index (χ3n) is 3.80. The van der Waals surface area contributed by atoms with Gasteiger partial charge in [0.2, 0.25) is 0 Å². The smallest absolute Gasteiger partial charge is 0.306 e. The molecule has 0 bridgehead atoms. The zero-order valence-corrected chi connectivity index (χ0v) is 15.5. The van der Waals surface area contributed by atoms with Gasteiger partial charge in [-0.25, -0.2) is 9.26 Å². The number of hydrogen-bond donors (Lipinski definition) is 0. The van der Waals surface area contributed by atoms with E-state index in [4.69, 9.17) is 11.2 Å². The first-order valence-corrected chi connectivity index (χ1v) is 9.52. The number of aromatic nitrogens is 3. The maximum Gasteiger partial charge on any atom is 0.306 e. The van der Waals surface area contributed by atoms with Crippen molar-refractivity contribution >= 4 is 23.9 Å². The van der Waals surface area contributed by atoms with Crippen LogP contribution in [0, 0.1) is 11.7 Å². The standard InChI is InChI=1S/C18H25N4O2S/c1-3-25-11-6-4-5-9-18(23)24-15-17-14-22(20-19-17)13-16-8-7-10-21(2)12-16/h1,8,12,14H,4-7,9-11,13,15H2,2H3/q+1. The Balaban J connectivity index is 1.65. The number of ether oxygens (including phenoxy) is 1. The van der Waals surface area contributed by atoms with E-state index in [0.717, 1.165) is 38.0 Å². The molecule has 0 spiro atoms. The van der Waals surface area contributed by atoms with E-state index in [9.17, 15) is 4.79 Å². The van der Waals surface area contributed by atoms with E-state index < -0.39 is 0 Å². The van der Waals surface area contributed by atoms with Crippen LogP contribution in [0.4, 0.5) is 0 Å². The van der Waals surface area contributed by atoms with E-state index >= 15 is 0 Å². The summed E-state index contributed by atoms with van der Waals surface area (Å²) in [7, 11) is 2.06. The number of allylic oxidation sites excluding steroid dienone is 1. The fourth-order valence-corrected chi connectivity index (χ4v) is 3.00. The average Bonchev–Trinajstić information content (AvgIpc) is 3.03. The Hall–Kier alpha value is -2.07. The lowest BCUT2D eigenvalue weighted by Crippen LogP contribution is -2.16. The zero-order valence-electron chi connectivity index (χ0n) is 14.7. The Labute approximate surface area is 153 Å². The van der Waals surface area contributed by atoms with Crippen molar-refractivity contribution in [2.24, 2.45) is 0 Å². The number of unbranched alkanes of at least 4 members (excludes halogenated alkanes) is 2. The number of carbonyl (C=O) groups excluding carboxylic acids is 1. The van der Waals surface area contributed by atoms with Gasteiger partial charge in [0.1, 0.15) is 25.9 Å². The highest BCUT2D eigenvalue weighted by molar-refractivity contribution is 8.03. The van der Waals surface area contributed by atoms with Crippen LogP contribution in [0.5, 0.6) is 0 Å². The van der Waals surface area contributed by atoms with Crippen molar-refractivity contribution in [1.82, 2.24) is 15.0 Å². The van der Waals surface area contributed by atoms with E-state index in [1.165, 1.54) is 17.3 Å². The number of nitrogens with zero attached hydrogens (tertiary/aromatic N) is 4. The van der Waals surface area contributed by atoms with Crippen LogP contribution < -0.4 is 0 Å². The first-order chi connectivity index (χ1) is 12.2. The van der Waals surface area contributed by atoms with Crippen molar-refractivity contribution in [3.05, 3.63) is 23.5 Å². The summed E-state index contributed by atoms with van der Waals surface area (Å²) in [6.45, 7) is 1.90. The second kappa shape index (κ2) is 10.7. The highest BCUT2D eigenvalue weighted by Crippen LogP contribution is 2.08. The zero-order chi connectivity index (χ0) is 17.9. The predicted molar refractivity (Wildman–Crippen MR) is 99.4 cm³/mol. The van der Waals surface area contributed by atoms with Crippen LogP contribution >= 0.6 is 11.8 Å². The average molecular weight is 361 g/mol. The molecular formula is C18H25N4O2S+. The summed E-state index contributed by atoms with van der Waals surface area (Å²) in [6, 6.07) is 0. The minimum absolute atomic E-state index is 0.175.